The average Bonchev–Trinajstić information content (AvgIpc) is 3.49. The number of hydrogen-bond acceptors (Lipinski definition) is 16. The van der Waals surface area contributed by atoms with Crippen LogP contribution in [0.4, 0.5) is 5.69 Å². The number of methoxy groups -OCH3 is 1. The number of rotatable bonds is 11. The Morgan fingerprint density at radius 1 is 0.918 bits per heavy atom. The SMILES string of the molecule is CCOCCOCCO/N=C/c1c2c(O)c3c(O)c(C)c4c(c3c1O)C(=O)[C@@](C)(O/C=C/[C@H](OC)[C@@H](C)[C@@H](OC(C)=O)[C@H](C)[C@H](O)[C@H](C)[C@@H](O)[C@H](C)/C=C/C=C(/C)C(=O)N2)O4. The number of phenolic OH excluding ortho intramolecular Hbond substituents is 3. The zero-order chi connectivity index (χ0) is 45.3. The molecule has 9 atom stereocenters. The third-order valence-electron chi connectivity index (χ3n) is 11.2. The van der Waals surface area contributed by atoms with Gasteiger partial charge in [-0.15, -0.1) is 0 Å². The molecule has 0 aliphatic carbocycles. The van der Waals surface area contributed by atoms with Crippen LogP contribution in [0.25, 0.3) is 10.8 Å². The molecule has 17 nitrogen and oxygen atoms in total. The number of aliphatic hydroxyl groups excluding tert-OH is 2. The van der Waals surface area contributed by atoms with Gasteiger partial charge in [0.1, 0.15) is 30.0 Å². The van der Waals surface area contributed by atoms with Crippen molar-refractivity contribution in [3.63, 3.8) is 0 Å². The van der Waals surface area contributed by atoms with E-state index >= 15 is 0 Å². The number of anilines is 1. The number of fused-ring (bicyclic) bond motifs is 14. The Labute approximate surface area is 355 Å². The van der Waals surface area contributed by atoms with Gasteiger partial charge in [0.2, 0.25) is 0 Å². The van der Waals surface area contributed by atoms with Gasteiger partial charge >= 0.3 is 11.8 Å². The number of nitrogens with one attached hydrogen (secondary N) is 1. The summed E-state index contributed by atoms with van der Waals surface area (Å²) < 4.78 is 34.2. The van der Waals surface area contributed by atoms with E-state index in [2.05, 4.69) is 10.5 Å². The number of aliphatic hydroxyl groups is 2. The lowest BCUT2D eigenvalue weighted by Crippen LogP contribution is -2.46. The Morgan fingerprint density at radius 3 is 2.25 bits per heavy atom. The quantitative estimate of drug-likeness (QED) is 0.0427. The number of aromatic hydroxyl groups is 3. The summed E-state index contributed by atoms with van der Waals surface area (Å²) in [6, 6.07) is 0. The molecule has 0 unspecified atom stereocenters. The van der Waals surface area contributed by atoms with E-state index in [9.17, 15) is 39.9 Å². The summed E-state index contributed by atoms with van der Waals surface area (Å²) in [6.45, 7) is 15.6. The number of Topliss-reactive ketones (excluding diaryl/α,β-unsaturated/α-hetero) is 1. The van der Waals surface area contributed by atoms with Crippen molar-refractivity contribution in [2.45, 2.75) is 92.5 Å². The molecule has 3 heterocycles. The summed E-state index contributed by atoms with van der Waals surface area (Å²) in [5, 5.41) is 64.0. The average molecular weight is 857 g/mol. The minimum absolute atomic E-state index is 0.0132. The number of carbonyl (C=O) groups excluding carboxylic acids is 3. The van der Waals surface area contributed by atoms with Crippen LogP contribution < -0.4 is 10.1 Å². The van der Waals surface area contributed by atoms with Crippen LogP contribution in [0.15, 0.2) is 41.3 Å². The topological polar surface area (TPSA) is 241 Å². The lowest BCUT2D eigenvalue weighted by molar-refractivity contribution is -0.160. The van der Waals surface area contributed by atoms with Crippen LogP contribution in [0.5, 0.6) is 23.0 Å². The molecule has 3 aliphatic heterocycles. The van der Waals surface area contributed by atoms with E-state index in [0.717, 1.165) is 6.21 Å². The largest absolute Gasteiger partial charge is 0.507 e. The van der Waals surface area contributed by atoms with Crippen LogP contribution in [0.1, 0.15) is 76.9 Å². The molecule has 336 valence electrons. The van der Waals surface area contributed by atoms with Crippen molar-refractivity contribution in [1.82, 2.24) is 0 Å². The van der Waals surface area contributed by atoms with Crippen LogP contribution in [-0.4, -0.2) is 120 Å². The molecule has 1 amide bonds. The number of amides is 1. The van der Waals surface area contributed by atoms with Crippen molar-refractivity contribution < 1.29 is 73.2 Å². The van der Waals surface area contributed by atoms with Crippen LogP contribution >= 0.6 is 0 Å². The molecular formula is C44H60N2O15. The van der Waals surface area contributed by atoms with E-state index in [0.29, 0.717) is 19.8 Å². The van der Waals surface area contributed by atoms with Crippen molar-refractivity contribution >= 4 is 40.3 Å². The Balaban J connectivity index is 1.90. The fraction of sp³-hybridized carbons (Fsp3) is 0.545. The molecule has 0 aromatic heterocycles. The fourth-order valence-corrected chi connectivity index (χ4v) is 7.48. The molecule has 0 saturated carbocycles. The Hall–Kier alpha value is -5.20. The number of esters is 1. The predicted molar refractivity (Wildman–Crippen MR) is 225 cm³/mol. The maximum atomic E-state index is 14.4. The minimum Gasteiger partial charge on any atom is -0.507 e. The lowest BCUT2D eigenvalue weighted by Gasteiger charge is -2.38. The minimum atomic E-state index is -2.08. The molecule has 5 rings (SSSR count). The van der Waals surface area contributed by atoms with Crippen molar-refractivity contribution in [2.75, 3.05) is 45.5 Å². The smallest absolute Gasteiger partial charge is 0.312 e. The standard InChI is InChI=1S/C44H60N2O15/c1-11-56-17-18-57-19-20-59-45-21-29-34-39(52)32-31(38(29)51)33-41(27(7)37(32)50)61-44(9,42(33)53)58-16-15-30(55-10)24(4)40(60-28(8)47)26(6)36(49)25(5)35(48)22(2)13-12-14-23(3)43(54)46-34/h12-16,21-22,24-26,30,35-36,40,48-52H,11,17-20H2,1-10H3,(H,46,54)/b13-12+,16-15+,23-14-,45-21+/t22-,24-,25-,26-,30+,35+,36-,40-,44+/m1/s1. The van der Waals surface area contributed by atoms with Gasteiger partial charge in [0.25, 0.3) is 11.7 Å². The maximum Gasteiger partial charge on any atom is 0.312 e. The number of benzene rings is 2. The zero-order valence-corrected chi connectivity index (χ0v) is 36.4. The van der Waals surface area contributed by atoms with Gasteiger partial charge in [-0.2, -0.15) is 0 Å². The lowest BCUT2D eigenvalue weighted by atomic mass is 9.78. The van der Waals surface area contributed by atoms with E-state index in [1.54, 1.807) is 39.8 Å². The van der Waals surface area contributed by atoms with E-state index in [-0.39, 0.29) is 57.7 Å². The van der Waals surface area contributed by atoms with Crippen LogP contribution in [0, 0.1) is 30.6 Å². The van der Waals surface area contributed by atoms with E-state index in [1.807, 2.05) is 6.92 Å². The third kappa shape index (κ3) is 10.6. The Kier molecular flexibility index (Phi) is 16.7. The zero-order valence-electron chi connectivity index (χ0n) is 36.4. The van der Waals surface area contributed by atoms with Crippen molar-refractivity contribution in [2.24, 2.45) is 28.8 Å². The van der Waals surface area contributed by atoms with Crippen LogP contribution in [0.2, 0.25) is 0 Å². The normalized spacial score (nSPS) is 29.5. The first-order valence-electron chi connectivity index (χ1n) is 20.2. The molecule has 5 bridgehead atoms. The van der Waals surface area contributed by atoms with Crippen molar-refractivity contribution in [1.29, 1.82) is 0 Å². The predicted octanol–water partition coefficient (Wildman–Crippen LogP) is 5.16. The first-order chi connectivity index (χ1) is 28.8. The molecule has 0 fully saturated rings. The molecule has 3 aliphatic rings. The highest BCUT2D eigenvalue weighted by atomic mass is 16.7. The summed E-state index contributed by atoms with van der Waals surface area (Å²) in [4.78, 5) is 45.7. The Morgan fingerprint density at radius 2 is 1.59 bits per heavy atom. The summed E-state index contributed by atoms with van der Waals surface area (Å²) in [7, 11) is 1.42. The van der Waals surface area contributed by atoms with Gasteiger partial charge in [0.05, 0.1) is 72.8 Å². The van der Waals surface area contributed by atoms with E-state index < -0.39 is 88.8 Å². The first-order valence-corrected chi connectivity index (χ1v) is 20.2. The number of carbonyl (C=O) groups is 3. The summed E-state index contributed by atoms with van der Waals surface area (Å²) in [5.74, 6) is -8.83. The number of allylic oxidation sites excluding steroid dienone is 2. The molecule has 0 saturated heterocycles. The molecule has 17 heteroatoms. The van der Waals surface area contributed by atoms with Crippen LogP contribution in [-0.2, 0) is 38.1 Å². The highest BCUT2D eigenvalue weighted by molar-refractivity contribution is 6.23. The summed E-state index contributed by atoms with van der Waals surface area (Å²) in [5.41, 5.74) is -0.733. The molecule has 2 aromatic carbocycles. The van der Waals surface area contributed by atoms with Crippen LogP contribution in [0.3, 0.4) is 0 Å². The second-order valence-corrected chi connectivity index (χ2v) is 15.5. The van der Waals surface area contributed by atoms with Crippen molar-refractivity contribution in [3.8, 4) is 23.0 Å². The molecule has 2 aromatic rings. The number of nitrogens with zero attached hydrogens (tertiary/aromatic N) is 1. The number of phenols is 3. The van der Waals surface area contributed by atoms with Gasteiger partial charge in [0, 0.05) is 67.8 Å². The fourth-order valence-electron chi connectivity index (χ4n) is 7.48. The maximum absolute atomic E-state index is 14.4. The molecule has 0 spiro atoms. The molecular weight excluding hydrogens is 796 g/mol. The summed E-state index contributed by atoms with van der Waals surface area (Å²) in [6.07, 6.45) is 4.39. The first kappa shape index (κ1) is 48.5. The molecule has 0 radical (unpaired) electrons. The molecule has 61 heavy (non-hydrogen) atoms. The third-order valence-corrected chi connectivity index (χ3v) is 11.2. The van der Waals surface area contributed by atoms with Gasteiger partial charge < -0.3 is 64.1 Å². The highest BCUT2D eigenvalue weighted by Gasteiger charge is 2.50. The van der Waals surface area contributed by atoms with Gasteiger partial charge in [-0.25, -0.2) is 0 Å². The molecule has 6 N–H and O–H groups in total. The van der Waals surface area contributed by atoms with Gasteiger partial charge in [0.15, 0.2) is 5.75 Å². The second-order valence-electron chi connectivity index (χ2n) is 15.5. The number of ether oxygens (including phenoxy) is 6. The van der Waals surface area contributed by atoms with Gasteiger partial charge in [-0.3, -0.25) is 14.4 Å². The van der Waals surface area contributed by atoms with E-state index in [4.69, 9.17) is 33.3 Å². The van der Waals surface area contributed by atoms with Gasteiger partial charge in [-0.1, -0.05) is 51.1 Å². The number of hydrogen-bond donors (Lipinski definition) is 6. The van der Waals surface area contributed by atoms with Crippen molar-refractivity contribution in [3.05, 3.63) is 52.8 Å². The Bertz CT molecular complexity index is 2040. The number of ketones is 1. The van der Waals surface area contributed by atoms with E-state index in [1.165, 1.54) is 53.2 Å². The number of oxime groups is 1. The van der Waals surface area contributed by atoms with Gasteiger partial charge in [-0.05, 0) is 26.8 Å². The monoisotopic (exact) mass is 856 g/mol. The summed E-state index contributed by atoms with van der Waals surface area (Å²) >= 11 is 0. The highest BCUT2D eigenvalue weighted by Crippen LogP contribution is 2.55. The second kappa shape index (κ2) is 21.1.